The molecule has 1 aromatic heterocycles. The molecule has 0 bridgehead atoms. The van der Waals surface area contributed by atoms with Crippen LogP contribution in [-0.4, -0.2) is 54.3 Å². The summed E-state index contributed by atoms with van der Waals surface area (Å²) >= 11 is 1.85. The fourth-order valence-corrected chi connectivity index (χ4v) is 5.31. The number of nitrogens with one attached hydrogen (secondary N) is 1. The third-order valence-corrected chi connectivity index (χ3v) is 7.33. The number of piperidine rings is 1. The number of thiophene rings is 1. The SMILES string of the molecule is O=C(NCCN1CCc2sccc2C1)C1CCN(C(=O)CCc2ccccc2)CC1. The van der Waals surface area contributed by atoms with E-state index < -0.39 is 0 Å². The summed E-state index contributed by atoms with van der Waals surface area (Å²) < 4.78 is 0. The first-order chi connectivity index (χ1) is 14.7. The van der Waals surface area contributed by atoms with Crippen molar-refractivity contribution in [3.05, 3.63) is 57.8 Å². The molecule has 0 aliphatic carbocycles. The minimum absolute atomic E-state index is 0.0352. The van der Waals surface area contributed by atoms with E-state index in [1.807, 2.05) is 34.4 Å². The maximum absolute atomic E-state index is 12.6. The molecule has 0 unspecified atom stereocenters. The Balaban J connectivity index is 1.13. The van der Waals surface area contributed by atoms with Gasteiger partial charge < -0.3 is 10.2 Å². The van der Waals surface area contributed by atoms with Crippen molar-refractivity contribution in [2.24, 2.45) is 5.92 Å². The van der Waals surface area contributed by atoms with Crippen molar-refractivity contribution in [1.82, 2.24) is 15.1 Å². The summed E-state index contributed by atoms with van der Waals surface area (Å²) in [6.45, 7) is 5.06. The van der Waals surface area contributed by atoms with Crippen LogP contribution in [0.4, 0.5) is 0 Å². The fourth-order valence-electron chi connectivity index (χ4n) is 4.42. The lowest BCUT2D eigenvalue weighted by Crippen LogP contribution is -2.44. The van der Waals surface area contributed by atoms with Gasteiger partial charge in [0.1, 0.15) is 0 Å². The van der Waals surface area contributed by atoms with E-state index in [1.54, 1.807) is 0 Å². The number of aryl methyl sites for hydroxylation is 1. The van der Waals surface area contributed by atoms with Gasteiger partial charge in [0.15, 0.2) is 0 Å². The van der Waals surface area contributed by atoms with Crippen molar-refractivity contribution in [2.45, 2.75) is 38.6 Å². The van der Waals surface area contributed by atoms with Crippen molar-refractivity contribution < 1.29 is 9.59 Å². The first-order valence-corrected chi connectivity index (χ1v) is 11.9. The van der Waals surface area contributed by atoms with E-state index in [0.29, 0.717) is 26.1 Å². The van der Waals surface area contributed by atoms with Gasteiger partial charge in [0, 0.05) is 56.5 Å². The summed E-state index contributed by atoms with van der Waals surface area (Å²) in [6, 6.07) is 12.4. The largest absolute Gasteiger partial charge is 0.355 e. The molecule has 5 nitrogen and oxygen atoms in total. The predicted octanol–water partition coefficient (Wildman–Crippen LogP) is 3.09. The molecule has 160 valence electrons. The van der Waals surface area contributed by atoms with E-state index >= 15 is 0 Å². The van der Waals surface area contributed by atoms with Crippen LogP contribution in [0.25, 0.3) is 0 Å². The minimum atomic E-state index is 0.0352. The van der Waals surface area contributed by atoms with Gasteiger partial charge in [-0.05, 0) is 48.3 Å². The molecule has 2 aliphatic rings. The molecule has 0 spiro atoms. The van der Waals surface area contributed by atoms with Crippen LogP contribution in [0.1, 0.15) is 35.3 Å². The highest BCUT2D eigenvalue weighted by atomic mass is 32.1. The molecule has 3 heterocycles. The van der Waals surface area contributed by atoms with Crippen LogP contribution >= 0.6 is 11.3 Å². The van der Waals surface area contributed by atoms with Gasteiger partial charge in [-0.2, -0.15) is 0 Å². The number of fused-ring (bicyclic) bond motifs is 1. The van der Waals surface area contributed by atoms with Crippen LogP contribution in [0, 0.1) is 5.92 Å². The molecule has 0 saturated carbocycles. The van der Waals surface area contributed by atoms with E-state index in [0.717, 1.165) is 45.3 Å². The second-order valence-corrected chi connectivity index (χ2v) is 9.33. The van der Waals surface area contributed by atoms with E-state index in [1.165, 1.54) is 16.0 Å². The van der Waals surface area contributed by atoms with Gasteiger partial charge in [-0.25, -0.2) is 0 Å². The van der Waals surface area contributed by atoms with Gasteiger partial charge in [0.05, 0.1) is 0 Å². The lowest BCUT2D eigenvalue weighted by Gasteiger charge is -2.32. The zero-order valence-corrected chi connectivity index (χ0v) is 18.3. The average molecular weight is 426 g/mol. The molecule has 4 rings (SSSR count). The maximum atomic E-state index is 12.6. The Labute approximate surface area is 183 Å². The molecule has 6 heteroatoms. The lowest BCUT2D eigenvalue weighted by atomic mass is 9.95. The smallest absolute Gasteiger partial charge is 0.223 e. The van der Waals surface area contributed by atoms with Gasteiger partial charge >= 0.3 is 0 Å². The highest BCUT2D eigenvalue weighted by Crippen LogP contribution is 2.23. The molecule has 0 atom stereocenters. The first-order valence-electron chi connectivity index (χ1n) is 11.1. The number of amides is 2. The Bertz CT molecular complexity index is 843. The van der Waals surface area contributed by atoms with E-state index in [2.05, 4.69) is 33.8 Å². The third-order valence-electron chi connectivity index (χ3n) is 6.30. The second-order valence-electron chi connectivity index (χ2n) is 8.33. The van der Waals surface area contributed by atoms with Crippen molar-refractivity contribution in [1.29, 1.82) is 0 Å². The number of likely N-dealkylation sites (tertiary alicyclic amines) is 1. The molecule has 1 fully saturated rings. The van der Waals surface area contributed by atoms with Crippen LogP contribution in [0.15, 0.2) is 41.8 Å². The Kier molecular flexibility index (Phi) is 7.18. The average Bonchev–Trinajstić information content (AvgIpc) is 3.26. The molecule has 30 heavy (non-hydrogen) atoms. The highest BCUT2D eigenvalue weighted by molar-refractivity contribution is 7.10. The summed E-state index contributed by atoms with van der Waals surface area (Å²) in [5.41, 5.74) is 2.64. The highest BCUT2D eigenvalue weighted by Gasteiger charge is 2.27. The summed E-state index contributed by atoms with van der Waals surface area (Å²) in [7, 11) is 0. The van der Waals surface area contributed by atoms with Crippen molar-refractivity contribution in [3.63, 3.8) is 0 Å². The van der Waals surface area contributed by atoms with Crippen molar-refractivity contribution in [2.75, 3.05) is 32.7 Å². The zero-order chi connectivity index (χ0) is 20.8. The van der Waals surface area contributed by atoms with Gasteiger partial charge in [-0.1, -0.05) is 30.3 Å². The van der Waals surface area contributed by atoms with Crippen LogP contribution in [-0.2, 0) is 29.0 Å². The van der Waals surface area contributed by atoms with Crippen LogP contribution in [0.5, 0.6) is 0 Å². The zero-order valence-electron chi connectivity index (χ0n) is 17.5. The predicted molar refractivity (Wildman–Crippen MR) is 120 cm³/mol. The summed E-state index contributed by atoms with van der Waals surface area (Å²) in [5, 5.41) is 5.30. The molecule has 2 aliphatic heterocycles. The molecule has 1 aromatic carbocycles. The molecular formula is C24H31N3O2S. The van der Waals surface area contributed by atoms with E-state index in [4.69, 9.17) is 0 Å². The maximum Gasteiger partial charge on any atom is 0.223 e. The van der Waals surface area contributed by atoms with E-state index in [-0.39, 0.29) is 17.7 Å². The van der Waals surface area contributed by atoms with Crippen LogP contribution < -0.4 is 5.32 Å². The second kappa shape index (κ2) is 10.2. The standard InChI is InChI=1S/C24H31N3O2S/c28-23(7-6-19-4-2-1-3-5-19)27-14-8-20(9-15-27)24(29)25-12-16-26-13-10-22-21(18-26)11-17-30-22/h1-5,11,17,20H,6-10,12-16,18H2,(H,25,29). The van der Waals surface area contributed by atoms with Crippen molar-refractivity contribution >= 4 is 23.2 Å². The lowest BCUT2D eigenvalue weighted by molar-refractivity contribution is -0.135. The number of nitrogens with zero attached hydrogens (tertiary/aromatic N) is 2. The van der Waals surface area contributed by atoms with Crippen LogP contribution in [0.3, 0.4) is 0 Å². The number of hydrogen-bond donors (Lipinski definition) is 1. The Morgan fingerprint density at radius 1 is 1.07 bits per heavy atom. The van der Waals surface area contributed by atoms with Gasteiger partial charge in [0.25, 0.3) is 0 Å². The molecule has 0 radical (unpaired) electrons. The van der Waals surface area contributed by atoms with E-state index in [9.17, 15) is 9.59 Å². The molecule has 2 amide bonds. The quantitative estimate of drug-likeness (QED) is 0.742. The monoisotopic (exact) mass is 425 g/mol. The number of benzene rings is 1. The normalized spacial score (nSPS) is 17.5. The third kappa shape index (κ3) is 5.49. The first kappa shape index (κ1) is 21.1. The number of rotatable bonds is 7. The molecule has 1 N–H and O–H groups in total. The van der Waals surface area contributed by atoms with Crippen molar-refractivity contribution in [3.8, 4) is 0 Å². The Morgan fingerprint density at radius 2 is 1.87 bits per heavy atom. The fraction of sp³-hybridized carbons (Fsp3) is 0.500. The molecular weight excluding hydrogens is 394 g/mol. The Morgan fingerprint density at radius 3 is 2.67 bits per heavy atom. The number of carbonyl (C=O) groups excluding carboxylic acids is 2. The molecule has 2 aromatic rings. The summed E-state index contributed by atoms with van der Waals surface area (Å²) in [4.78, 5) is 30.9. The van der Waals surface area contributed by atoms with Gasteiger partial charge in [0.2, 0.25) is 11.8 Å². The molecule has 1 saturated heterocycles. The van der Waals surface area contributed by atoms with Crippen LogP contribution in [0.2, 0.25) is 0 Å². The topological polar surface area (TPSA) is 52.7 Å². The Hall–Kier alpha value is -2.18. The number of carbonyl (C=O) groups is 2. The summed E-state index contributed by atoms with van der Waals surface area (Å²) in [5.74, 6) is 0.392. The minimum Gasteiger partial charge on any atom is -0.355 e. The van der Waals surface area contributed by atoms with Gasteiger partial charge in [-0.15, -0.1) is 11.3 Å². The van der Waals surface area contributed by atoms with Gasteiger partial charge in [-0.3, -0.25) is 14.5 Å². The summed E-state index contributed by atoms with van der Waals surface area (Å²) in [6.07, 6.45) is 3.99. The number of hydrogen-bond acceptors (Lipinski definition) is 4.